The van der Waals surface area contributed by atoms with E-state index < -0.39 is 0 Å². The second-order valence-corrected chi connectivity index (χ2v) is 6.00. The first kappa shape index (κ1) is 11.9. The summed E-state index contributed by atoms with van der Waals surface area (Å²) in [6.45, 7) is 8.21. The van der Waals surface area contributed by atoms with E-state index in [0.717, 1.165) is 19.2 Å². The van der Waals surface area contributed by atoms with Crippen molar-refractivity contribution < 1.29 is 9.47 Å². The monoisotopic (exact) mass is 240 g/mol. The highest BCUT2D eigenvalue weighted by molar-refractivity contribution is 4.96. The molecule has 98 valence electrons. The van der Waals surface area contributed by atoms with Gasteiger partial charge in [-0.05, 0) is 39.7 Å². The van der Waals surface area contributed by atoms with E-state index in [1.807, 2.05) is 13.8 Å². The highest BCUT2D eigenvalue weighted by atomic mass is 16.7. The van der Waals surface area contributed by atoms with Gasteiger partial charge in [0.1, 0.15) is 0 Å². The molecule has 0 aromatic rings. The van der Waals surface area contributed by atoms with Crippen LogP contribution >= 0.6 is 0 Å². The van der Waals surface area contributed by atoms with Gasteiger partial charge in [0.15, 0.2) is 5.79 Å². The summed E-state index contributed by atoms with van der Waals surface area (Å²) in [5, 5.41) is 3.69. The van der Waals surface area contributed by atoms with Crippen molar-refractivity contribution in [2.75, 3.05) is 26.2 Å². The van der Waals surface area contributed by atoms with Crippen LogP contribution in [0.5, 0.6) is 0 Å². The zero-order valence-electron chi connectivity index (χ0n) is 10.9. The average molecular weight is 240 g/mol. The molecule has 0 aromatic carbocycles. The zero-order valence-corrected chi connectivity index (χ0v) is 10.9. The van der Waals surface area contributed by atoms with Gasteiger partial charge in [-0.25, -0.2) is 0 Å². The molecule has 0 saturated carbocycles. The van der Waals surface area contributed by atoms with Crippen LogP contribution in [0.2, 0.25) is 0 Å². The summed E-state index contributed by atoms with van der Waals surface area (Å²) in [4.78, 5) is 2.63. The van der Waals surface area contributed by atoms with Crippen molar-refractivity contribution in [1.29, 1.82) is 0 Å². The van der Waals surface area contributed by atoms with Crippen LogP contribution < -0.4 is 5.32 Å². The maximum absolute atomic E-state index is 5.82. The molecule has 3 aliphatic heterocycles. The molecule has 4 nitrogen and oxygen atoms in total. The van der Waals surface area contributed by atoms with Crippen LogP contribution in [0.4, 0.5) is 0 Å². The second kappa shape index (κ2) is 4.50. The number of nitrogens with one attached hydrogen (secondary N) is 1. The fourth-order valence-corrected chi connectivity index (χ4v) is 3.47. The highest BCUT2D eigenvalue weighted by Gasteiger charge is 2.38. The van der Waals surface area contributed by atoms with Crippen LogP contribution in [-0.2, 0) is 9.47 Å². The van der Waals surface area contributed by atoms with E-state index in [9.17, 15) is 0 Å². The van der Waals surface area contributed by atoms with Gasteiger partial charge in [-0.3, -0.25) is 4.90 Å². The van der Waals surface area contributed by atoms with Crippen molar-refractivity contribution in [3.05, 3.63) is 0 Å². The molecule has 3 saturated heterocycles. The number of nitrogens with zero attached hydrogens (tertiary/aromatic N) is 1. The van der Waals surface area contributed by atoms with Crippen molar-refractivity contribution in [2.24, 2.45) is 0 Å². The van der Waals surface area contributed by atoms with E-state index in [1.165, 1.54) is 32.4 Å². The highest BCUT2D eigenvalue weighted by Crippen LogP contribution is 2.28. The third-order valence-corrected chi connectivity index (χ3v) is 4.28. The maximum Gasteiger partial charge on any atom is 0.163 e. The Morgan fingerprint density at radius 1 is 1.29 bits per heavy atom. The van der Waals surface area contributed by atoms with E-state index in [0.29, 0.717) is 6.04 Å². The van der Waals surface area contributed by atoms with Crippen molar-refractivity contribution >= 4 is 0 Å². The summed E-state index contributed by atoms with van der Waals surface area (Å²) in [7, 11) is 0. The number of ether oxygens (including phenoxy) is 2. The Morgan fingerprint density at radius 3 is 2.94 bits per heavy atom. The first-order chi connectivity index (χ1) is 8.14. The molecule has 3 unspecified atom stereocenters. The normalized spacial score (nSPS) is 40.9. The summed E-state index contributed by atoms with van der Waals surface area (Å²) in [5.41, 5.74) is 0. The Morgan fingerprint density at radius 2 is 2.18 bits per heavy atom. The first-order valence-electron chi connectivity index (χ1n) is 6.93. The molecule has 0 radical (unpaired) electrons. The maximum atomic E-state index is 5.82. The largest absolute Gasteiger partial charge is 0.348 e. The minimum Gasteiger partial charge on any atom is -0.348 e. The zero-order chi connectivity index (χ0) is 11.9. The molecule has 0 spiro atoms. The lowest BCUT2D eigenvalue weighted by Gasteiger charge is -2.23. The van der Waals surface area contributed by atoms with Crippen LogP contribution in [0.15, 0.2) is 0 Å². The van der Waals surface area contributed by atoms with Crippen LogP contribution in [0.1, 0.15) is 33.1 Å². The number of fused-ring (bicyclic) bond motifs is 1. The summed E-state index contributed by atoms with van der Waals surface area (Å²) >= 11 is 0. The minimum absolute atomic E-state index is 0.223. The summed E-state index contributed by atoms with van der Waals surface area (Å²) < 4.78 is 11.4. The van der Waals surface area contributed by atoms with Gasteiger partial charge >= 0.3 is 0 Å². The predicted molar refractivity (Wildman–Crippen MR) is 65.9 cm³/mol. The minimum atomic E-state index is -0.387. The van der Waals surface area contributed by atoms with Gasteiger partial charge in [-0.1, -0.05) is 0 Å². The third-order valence-electron chi connectivity index (χ3n) is 4.28. The van der Waals surface area contributed by atoms with Gasteiger partial charge in [0.25, 0.3) is 0 Å². The smallest absolute Gasteiger partial charge is 0.163 e. The fourth-order valence-electron chi connectivity index (χ4n) is 3.47. The quantitative estimate of drug-likeness (QED) is 0.797. The van der Waals surface area contributed by atoms with E-state index in [-0.39, 0.29) is 11.9 Å². The Hall–Kier alpha value is -0.160. The van der Waals surface area contributed by atoms with Gasteiger partial charge in [-0.2, -0.15) is 0 Å². The molecule has 3 atom stereocenters. The van der Waals surface area contributed by atoms with Gasteiger partial charge in [0.05, 0.1) is 12.7 Å². The van der Waals surface area contributed by atoms with Crippen molar-refractivity contribution in [3.63, 3.8) is 0 Å². The van der Waals surface area contributed by atoms with Gasteiger partial charge in [0.2, 0.25) is 0 Å². The Balaban J connectivity index is 1.46. The third kappa shape index (κ3) is 2.50. The molecular formula is C13H24N2O2. The Labute approximate surface area is 104 Å². The first-order valence-corrected chi connectivity index (χ1v) is 6.93. The van der Waals surface area contributed by atoms with Crippen molar-refractivity contribution in [3.8, 4) is 0 Å². The summed E-state index contributed by atoms with van der Waals surface area (Å²) in [5.74, 6) is -0.387. The van der Waals surface area contributed by atoms with Crippen molar-refractivity contribution in [1.82, 2.24) is 10.2 Å². The lowest BCUT2D eigenvalue weighted by Crippen LogP contribution is -2.43. The molecule has 1 N–H and O–H groups in total. The number of hydrogen-bond acceptors (Lipinski definition) is 4. The molecule has 0 aliphatic carbocycles. The Kier molecular flexibility index (Phi) is 3.15. The van der Waals surface area contributed by atoms with Crippen LogP contribution in [-0.4, -0.2) is 55.1 Å². The SMILES string of the molecule is CC1(C)OCC(CNC2CCN3CCCC23)O1. The second-order valence-electron chi connectivity index (χ2n) is 6.00. The molecule has 17 heavy (non-hydrogen) atoms. The van der Waals surface area contributed by atoms with Crippen LogP contribution in [0.25, 0.3) is 0 Å². The molecule has 0 amide bonds. The van der Waals surface area contributed by atoms with Crippen LogP contribution in [0, 0.1) is 0 Å². The van der Waals surface area contributed by atoms with Gasteiger partial charge in [-0.15, -0.1) is 0 Å². The standard InChI is InChI=1S/C13H24N2O2/c1-13(2)16-9-10(17-13)8-14-11-5-7-15-6-3-4-12(11)15/h10-12,14H,3-9H2,1-2H3. The molecule has 4 heteroatoms. The lowest BCUT2D eigenvalue weighted by molar-refractivity contribution is -0.137. The molecule has 3 heterocycles. The summed E-state index contributed by atoms with van der Waals surface area (Å²) in [6, 6.07) is 1.45. The van der Waals surface area contributed by atoms with E-state index in [4.69, 9.17) is 9.47 Å². The van der Waals surface area contributed by atoms with E-state index >= 15 is 0 Å². The molecule has 3 rings (SSSR count). The lowest BCUT2D eigenvalue weighted by atomic mass is 10.1. The number of hydrogen-bond donors (Lipinski definition) is 1. The molecule has 3 fully saturated rings. The predicted octanol–water partition coefficient (Wildman–Crippen LogP) is 0.964. The fraction of sp³-hybridized carbons (Fsp3) is 1.00. The molecule has 0 bridgehead atoms. The molecule has 3 aliphatic rings. The van der Waals surface area contributed by atoms with E-state index in [2.05, 4.69) is 10.2 Å². The van der Waals surface area contributed by atoms with Gasteiger partial charge < -0.3 is 14.8 Å². The molecular weight excluding hydrogens is 216 g/mol. The number of rotatable bonds is 3. The van der Waals surface area contributed by atoms with Crippen molar-refractivity contribution in [2.45, 2.75) is 57.1 Å². The average Bonchev–Trinajstić information content (AvgIpc) is 2.90. The van der Waals surface area contributed by atoms with Gasteiger partial charge in [0, 0.05) is 25.2 Å². The van der Waals surface area contributed by atoms with Crippen LogP contribution in [0.3, 0.4) is 0 Å². The molecule has 0 aromatic heterocycles. The summed E-state index contributed by atoms with van der Waals surface area (Å²) in [6.07, 6.45) is 4.26. The topological polar surface area (TPSA) is 33.7 Å². The van der Waals surface area contributed by atoms with E-state index in [1.54, 1.807) is 0 Å². The Bertz CT molecular complexity index is 283.